The minimum absolute atomic E-state index is 0.158. The molecule has 0 radical (unpaired) electrons. The van der Waals surface area contributed by atoms with Crippen molar-refractivity contribution < 1.29 is 14.0 Å². The lowest BCUT2D eigenvalue weighted by molar-refractivity contribution is -0.153. The summed E-state index contributed by atoms with van der Waals surface area (Å²) in [5, 5.41) is 4.12. The molecular formula is C16H26N2O3. The van der Waals surface area contributed by atoms with Gasteiger partial charge in [0.05, 0.1) is 18.4 Å². The molecule has 0 spiro atoms. The molecule has 2 aliphatic heterocycles. The van der Waals surface area contributed by atoms with E-state index in [-0.39, 0.29) is 5.41 Å². The van der Waals surface area contributed by atoms with E-state index in [1.54, 1.807) is 0 Å². The van der Waals surface area contributed by atoms with Crippen LogP contribution in [0.25, 0.3) is 0 Å². The second-order valence-electron chi connectivity index (χ2n) is 6.39. The van der Waals surface area contributed by atoms with Gasteiger partial charge in [0.25, 0.3) is 0 Å². The van der Waals surface area contributed by atoms with Crippen LogP contribution in [-0.4, -0.2) is 49.1 Å². The number of aromatic nitrogens is 1. The molecule has 0 bridgehead atoms. The Labute approximate surface area is 126 Å². The summed E-state index contributed by atoms with van der Waals surface area (Å²) in [7, 11) is 0. The SMILES string of the molecule is CCOC[C@@]12CCCO[C@H]1CCN(Cc1cc(C)on1)C2. The molecule has 5 heteroatoms. The van der Waals surface area contributed by atoms with Gasteiger partial charge < -0.3 is 14.0 Å². The van der Waals surface area contributed by atoms with Gasteiger partial charge in [-0.1, -0.05) is 5.16 Å². The Balaban J connectivity index is 1.68. The Morgan fingerprint density at radius 3 is 3.19 bits per heavy atom. The maximum absolute atomic E-state index is 6.04. The van der Waals surface area contributed by atoms with Crippen LogP contribution in [-0.2, 0) is 16.0 Å². The summed E-state index contributed by atoms with van der Waals surface area (Å²) in [6.45, 7) is 9.44. The third-order valence-corrected chi connectivity index (χ3v) is 4.72. The summed E-state index contributed by atoms with van der Waals surface area (Å²) in [6.07, 6.45) is 3.78. The average Bonchev–Trinajstić information content (AvgIpc) is 2.90. The van der Waals surface area contributed by atoms with Crippen LogP contribution in [0.5, 0.6) is 0 Å². The number of ether oxygens (including phenoxy) is 2. The maximum Gasteiger partial charge on any atom is 0.133 e. The third kappa shape index (κ3) is 3.30. The highest BCUT2D eigenvalue weighted by molar-refractivity contribution is 5.05. The summed E-state index contributed by atoms with van der Waals surface area (Å²) in [5.74, 6) is 0.880. The van der Waals surface area contributed by atoms with Gasteiger partial charge in [-0.25, -0.2) is 0 Å². The lowest BCUT2D eigenvalue weighted by Crippen LogP contribution is -2.56. The number of hydrogen-bond acceptors (Lipinski definition) is 5. The molecule has 0 saturated carbocycles. The first-order chi connectivity index (χ1) is 10.2. The molecule has 3 rings (SSSR count). The number of fused-ring (bicyclic) bond motifs is 1. The molecule has 21 heavy (non-hydrogen) atoms. The molecule has 118 valence electrons. The van der Waals surface area contributed by atoms with Crippen molar-refractivity contribution in [2.24, 2.45) is 5.41 Å². The molecule has 5 nitrogen and oxygen atoms in total. The van der Waals surface area contributed by atoms with E-state index in [2.05, 4.69) is 17.0 Å². The summed E-state index contributed by atoms with van der Waals surface area (Å²) >= 11 is 0. The van der Waals surface area contributed by atoms with Gasteiger partial charge in [0.1, 0.15) is 5.76 Å². The molecular weight excluding hydrogens is 268 g/mol. The molecule has 2 aliphatic rings. The Hall–Kier alpha value is -0.910. The van der Waals surface area contributed by atoms with Crippen molar-refractivity contribution in [3.05, 3.63) is 17.5 Å². The summed E-state index contributed by atoms with van der Waals surface area (Å²) < 4.78 is 17.0. The van der Waals surface area contributed by atoms with Crippen LogP contribution >= 0.6 is 0 Å². The smallest absolute Gasteiger partial charge is 0.133 e. The molecule has 2 saturated heterocycles. The van der Waals surface area contributed by atoms with E-state index < -0.39 is 0 Å². The zero-order valence-electron chi connectivity index (χ0n) is 13.1. The first-order valence-corrected chi connectivity index (χ1v) is 8.06. The summed E-state index contributed by atoms with van der Waals surface area (Å²) in [5.41, 5.74) is 1.18. The Bertz CT molecular complexity index is 462. The summed E-state index contributed by atoms with van der Waals surface area (Å²) in [6, 6.07) is 2.03. The molecule has 0 aliphatic carbocycles. The monoisotopic (exact) mass is 294 g/mol. The standard InChI is InChI=1S/C16H26N2O3/c1-3-19-12-16-6-4-8-20-15(16)5-7-18(11-16)10-14-9-13(2)21-17-14/h9,15H,3-8,10-12H2,1-2H3/t15-,16-/m0/s1. The lowest BCUT2D eigenvalue weighted by atomic mass is 9.73. The van der Waals surface area contributed by atoms with Gasteiger partial charge in [0.15, 0.2) is 0 Å². The quantitative estimate of drug-likeness (QED) is 0.834. The maximum atomic E-state index is 6.04. The molecule has 0 amide bonds. The molecule has 1 aromatic heterocycles. The predicted molar refractivity (Wildman–Crippen MR) is 79.0 cm³/mol. The summed E-state index contributed by atoms with van der Waals surface area (Å²) in [4.78, 5) is 2.47. The van der Waals surface area contributed by atoms with E-state index in [1.807, 2.05) is 13.0 Å². The fourth-order valence-electron chi connectivity index (χ4n) is 3.75. The zero-order chi connectivity index (χ0) is 14.7. The van der Waals surface area contributed by atoms with Crippen LogP contribution < -0.4 is 0 Å². The second kappa shape index (κ2) is 6.46. The van der Waals surface area contributed by atoms with Gasteiger partial charge in [-0.05, 0) is 33.1 Å². The van der Waals surface area contributed by atoms with Crippen LogP contribution in [0.2, 0.25) is 0 Å². The largest absolute Gasteiger partial charge is 0.381 e. The number of likely N-dealkylation sites (tertiary alicyclic amines) is 1. The fraction of sp³-hybridized carbons (Fsp3) is 0.812. The van der Waals surface area contributed by atoms with Gasteiger partial charge >= 0.3 is 0 Å². The van der Waals surface area contributed by atoms with Crippen molar-refractivity contribution in [1.82, 2.24) is 10.1 Å². The topological polar surface area (TPSA) is 47.7 Å². The van der Waals surface area contributed by atoms with E-state index in [0.717, 1.165) is 63.8 Å². The van der Waals surface area contributed by atoms with E-state index in [9.17, 15) is 0 Å². The molecule has 3 heterocycles. The molecule has 0 N–H and O–H groups in total. The zero-order valence-corrected chi connectivity index (χ0v) is 13.1. The minimum atomic E-state index is 0.158. The first kappa shape index (κ1) is 15.0. The van der Waals surface area contributed by atoms with Gasteiger partial charge in [0.2, 0.25) is 0 Å². The van der Waals surface area contributed by atoms with Crippen molar-refractivity contribution in [2.45, 2.75) is 45.8 Å². The van der Waals surface area contributed by atoms with E-state index in [0.29, 0.717) is 6.10 Å². The van der Waals surface area contributed by atoms with Crippen molar-refractivity contribution in [3.63, 3.8) is 0 Å². The highest BCUT2D eigenvalue weighted by Gasteiger charge is 2.46. The second-order valence-corrected chi connectivity index (χ2v) is 6.39. The van der Waals surface area contributed by atoms with Gasteiger partial charge in [-0.2, -0.15) is 0 Å². The minimum Gasteiger partial charge on any atom is -0.381 e. The van der Waals surface area contributed by atoms with E-state index in [1.165, 1.54) is 6.42 Å². The number of hydrogen-bond donors (Lipinski definition) is 0. The number of rotatable bonds is 5. The highest BCUT2D eigenvalue weighted by atomic mass is 16.5. The van der Waals surface area contributed by atoms with Gasteiger partial charge in [-0.3, -0.25) is 4.90 Å². The highest BCUT2D eigenvalue weighted by Crippen LogP contribution is 2.40. The van der Waals surface area contributed by atoms with Crippen molar-refractivity contribution in [2.75, 3.05) is 32.9 Å². The van der Waals surface area contributed by atoms with Crippen LogP contribution in [0.1, 0.15) is 37.6 Å². The van der Waals surface area contributed by atoms with Crippen molar-refractivity contribution in [1.29, 1.82) is 0 Å². The average molecular weight is 294 g/mol. The molecule has 1 aromatic rings. The molecule has 0 unspecified atom stereocenters. The van der Waals surface area contributed by atoms with Gasteiger partial charge in [0, 0.05) is 44.3 Å². The normalized spacial score (nSPS) is 30.3. The van der Waals surface area contributed by atoms with Crippen molar-refractivity contribution >= 4 is 0 Å². The number of piperidine rings is 1. The van der Waals surface area contributed by atoms with Crippen LogP contribution in [0.15, 0.2) is 10.6 Å². The predicted octanol–water partition coefficient (Wildman–Crippen LogP) is 2.39. The fourth-order valence-corrected chi connectivity index (χ4v) is 3.75. The van der Waals surface area contributed by atoms with E-state index in [4.69, 9.17) is 14.0 Å². The molecule has 2 fully saturated rings. The van der Waals surface area contributed by atoms with Crippen LogP contribution in [0.3, 0.4) is 0 Å². The van der Waals surface area contributed by atoms with Crippen LogP contribution in [0, 0.1) is 12.3 Å². The Morgan fingerprint density at radius 1 is 1.52 bits per heavy atom. The number of nitrogens with zero attached hydrogens (tertiary/aromatic N) is 2. The van der Waals surface area contributed by atoms with Gasteiger partial charge in [-0.15, -0.1) is 0 Å². The first-order valence-electron chi connectivity index (χ1n) is 8.06. The molecule has 0 aromatic carbocycles. The lowest BCUT2D eigenvalue weighted by Gasteiger charge is -2.50. The Kier molecular flexibility index (Phi) is 4.62. The van der Waals surface area contributed by atoms with Crippen LogP contribution in [0.4, 0.5) is 0 Å². The Morgan fingerprint density at radius 2 is 2.43 bits per heavy atom. The van der Waals surface area contributed by atoms with Crippen molar-refractivity contribution in [3.8, 4) is 0 Å². The molecule has 2 atom stereocenters. The third-order valence-electron chi connectivity index (χ3n) is 4.72. The van der Waals surface area contributed by atoms with E-state index >= 15 is 0 Å². The number of aryl methyl sites for hydroxylation is 1.